The number of nitrogens with zero attached hydrogens (tertiary/aromatic N) is 2. The summed E-state index contributed by atoms with van der Waals surface area (Å²) in [5.74, 6) is -0.0360. The molecule has 0 bridgehead atoms. The predicted molar refractivity (Wildman–Crippen MR) is 80.8 cm³/mol. The van der Waals surface area contributed by atoms with Gasteiger partial charge in [0.2, 0.25) is 11.8 Å². The zero-order valence-electron chi connectivity index (χ0n) is 11.8. The maximum atomic E-state index is 12.6. The number of carbonyl (C=O) groups excluding carboxylic acids is 2. The lowest BCUT2D eigenvalue weighted by Crippen LogP contribution is -2.45. The summed E-state index contributed by atoms with van der Waals surface area (Å²) < 4.78 is 0. The number of nitrogens with two attached hydrogens (primary N) is 1. The van der Waals surface area contributed by atoms with E-state index < -0.39 is 0 Å². The van der Waals surface area contributed by atoms with Crippen LogP contribution in [0.3, 0.4) is 0 Å². The first-order valence-electron chi connectivity index (χ1n) is 7.41. The van der Waals surface area contributed by atoms with Gasteiger partial charge in [-0.25, -0.2) is 4.98 Å². The molecule has 0 radical (unpaired) electrons. The normalized spacial score (nSPS) is 28.8. The molecule has 1 aliphatic heterocycles. The molecule has 2 aliphatic rings. The van der Waals surface area contributed by atoms with E-state index in [4.69, 9.17) is 5.73 Å². The van der Waals surface area contributed by atoms with Crippen molar-refractivity contribution in [1.29, 1.82) is 0 Å². The van der Waals surface area contributed by atoms with Gasteiger partial charge < -0.3 is 16.0 Å². The van der Waals surface area contributed by atoms with Gasteiger partial charge in [0, 0.05) is 30.1 Å². The Kier molecular flexibility index (Phi) is 4.21. The summed E-state index contributed by atoms with van der Waals surface area (Å²) in [6, 6.07) is -0.234. The Morgan fingerprint density at radius 1 is 1.38 bits per heavy atom. The topological polar surface area (TPSA) is 88.3 Å². The van der Waals surface area contributed by atoms with Crippen LogP contribution in [0.4, 0.5) is 5.13 Å². The zero-order valence-corrected chi connectivity index (χ0v) is 12.6. The number of carbonyl (C=O) groups is 2. The number of thiazole rings is 1. The molecule has 3 unspecified atom stereocenters. The number of aromatic nitrogens is 1. The van der Waals surface area contributed by atoms with Crippen molar-refractivity contribution in [3.63, 3.8) is 0 Å². The molecule has 2 amide bonds. The minimum absolute atomic E-state index is 0.00624. The van der Waals surface area contributed by atoms with E-state index in [9.17, 15) is 9.59 Å². The lowest BCUT2D eigenvalue weighted by atomic mass is 10.1. The number of hydrogen-bond acceptors (Lipinski definition) is 5. The Morgan fingerprint density at radius 2 is 2.24 bits per heavy atom. The molecule has 0 spiro atoms. The molecule has 2 heterocycles. The third kappa shape index (κ3) is 3.08. The standard InChI is InChI=1S/C14H20N4O2S/c15-10-4-3-9(8-10)13(20)18-6-1-2-11(18)12(19)17-14-16-5-7-21-14/h5,7,9-11H,1-4,6,8,15H2,(H,16,17,19). The second-order valence-corrected chi connectivity index (χ2v) is 6.68. The number of anilines is 1. The minimum atomic E-state index is -0.363. The Labute approximate surface area is 127 Å². The van der Waals surface area contributed by atoms with E-state index in [0.717, 1.165) is 32.1 Å². The lowest BCUT2D eigenvalue weighted by Gasteiger charge is -2.26. The van der Waals surface area contributed by atoms with Crippen molar-refractivity contribution in [3.05, 3.63) is 11.6 Å². The van der Waals surface area contributed by atoms with Gasteiger partial charge in [-0.15, -0.1) is 11.3 Å². The molecule has 1 aromatic rings. The van der Waals surface area contributed by atoms with Crippen molar-refractivity contribution in [3.8, 4) is 0 Å². The van der Waals surface area contributed by atoms with Gasteiger partial charge in [0.15, 0.2) is 5.13 Å². The maximum absolute atomic E-state index is 12.6. The van der Waals surface area contributed by atoms with Gasteiger partial charge >= 0.3 is 0 Å². The van der Waals surface area contributed by atoms with Crippen LogP contribution in [0, 0.1) is 5.92 Å². The molecule has 1 saturated heterocycles. The number of nitrogens with one attached hydrogen (secondary N) is 1. The molecule has 0 aromatic carbocycles. The quantitative estimate of drug-likeness (QED) is 0.878. The van der Waals surface area contributed by atoms with Gasteiger partial charge in [-0.3, -0.25) is 9.59 Å². The first kappa shape index (κ1) is 14.5. The van der Waals surface area contributed by atoms with Gasteiger partial charge in [-0.1, -0.05) is 0 Å². The van der Waals surface area contributed by atoms with E-state index in [1.165, 1.54) is 11.3 Å². The van der Waals surface area contributed by atoms with E-state index >= 15 is 0 Å². The molecule has 3 atom stereocenters. The Balaban J connectivity index is 1.64. The van der Waals surface area contributed by atoms with Crippen LogP contribution in [-0.2, 0) is 9.59 Å². The maximum Gasteiger partial charge on any atom is 0.248 e. The highest BCUT2D eigenvalue weighted by atomic mass is 32.1. The highest BCUT2D eigenvalue weighted by molar-refractivity contribution is 7.13. The van der Waals surface area contributed by atoms with Gasteiger partial charge in [0.25, 0.3) is 0 Å². The van der Waals surface area contributed by atoms with Gasteiger partial charge in [-0.05, 0) is 32.1 Å². The third-order valence-corrected chi connectivity index (χ3v) is 5.01. The van der Waals surface area contributed by atoms with Gasteiger partial charge in [0.05, 0.1) is 0 Å². The van der Waals surface area contributed by atoms with Crippen LogP contribution < -0.4 is 11.1 Å². The molecule has 1 aliphatic carbocycles. The lowest BCUT2D eigenvalue weighted by molar-refractivity contribution is -0.140. The molecule has 3 N–H and O–H groups in total. The van der Waals surface area contributed by atoms with E-state index in [-0.39, 0.29) is 29.8 Å². The fraction of sp³-hybridized carbons (Fsp3) is 0.643. The largest absolute Gasteiger partial charge is 0.330 e. The smallest absolute Gasteiger partial charge is 0.248 e. The fourth-order valence-corrected chi connectivity index (χ4v) is 3.78. The van der Waals surface area contributed by atoms with Crippen molar-refractivity contribution in [2.45, 2.75) is 44.2 Å². The summed E-state index contributed by atoms with van der Waals surface area (Å²) in [7, 11) is 0. The molecule has 1 aromatic heterocycles. The van der Waals surface area contributed by atoms with Gasteiger partial charge in [0.1, 0.15) is 6.04 Å². The highest BCUT2D eigenvalue weighted by Gasteiger charge is 2.39. The van der Waals surface area contributed by atoms with Crippen LogP contribution in [-0.4, -0.2) is 40.3 Å². The second kappa shape index (κ2) is 6.11. The SMILES string of the molecule is NC1CCC(C(=O)N2CCCC2C(=O)Nc2nccs2)C1. The Morgan fingerprint density at radius 3 is 2.90 bits per heavy atom. The molecule has 6 nitrogen and oxygen atoms in total. The molecule has 2 fully saturated rings. The number of hydrogen-bond donors (Lipinski definition) is 2. The number of amides is 2. The molecule has 7 heteroatoms. The first-order valence-corrected chi connectivity index (χ1v) is 8.29. The second-order valence-electron chi connectivity index (χ2n) is 5.79. The summed E-state index contributed by atoms with van der Waals surface area (Å²) in [4.78, 5) is 30.7. The van der Waals surface area contributed by atoms with E-state index in [2.05, 4.69) is 10.3 Å². The Bertz CT molecular complexity index is 519. The average molecular weight is 308 g/mol. The van der Waals surface area contributed by atoms with Crippen molar-refractivity contribution in [2.24, 2.45) is 11.7 Å². The van der Waals surface area contributed by atoms with E-state index in [0.29, 0.717) is 11.7 Å². The number of rotatable bonds is 3. The third-order valence-electron chi connectivity index (χ3n) is 4.32. The van der Waals surface area contributed by atoms with E-state index in [1.54, 1.807) is 11.1 Å². The van der Waals surface area contributed by atoms with Crippen molar-refractivity contribution in [1.82, 2.24) is 9.88 Å². The molecule has 3 rings (SSSR count). The van der Waals surface area contributed by atoms with Crippen LogP contribution in [0.25, 0.3) is 0 Å². The van der Waals surface area contributed by atoms with Crippen molar-refractivity contribution >= 4 is 28.3 Å². The molecular formula is C14H20N4O2S. The van der Waals surface area contributed by atoms with Crippen molar-refractivity contribution in [2.75, 3.05) is 11.9 Å². The molecule has 114 valence electrons. The van der Waals surface area contributed by atoms with Crippen LogP contribution in [0.15, 0.2) is 11.6 Å². The van der Waals surface area contributed by atoms with Crippen LogP contribution in [0.5, 0.6) is 0 Å². The van der Waals surface area contributed by atoms with E-state index in [1.807, 2.05) is 5.38 Å². The summed E-state index contributed by atoms with van der Waals surface area (Å²) >= 11 is 1.38. The monoisotopic (exact) mass is 308 g/mol. The molecular weight excluding hydrogens is 288 g/mol. The summed E-state index contributed by atoms with van der Waals surface area (Å²) in [6.45, 7) is 0.667. The van der Waals surface area contributed by atoms with Crippen molar-refractivity contribution < 1.29 is 9.59 Å². The van der Waals surface area contributed by atoms with Gasteiger partial charge in [-0.2, -0.15) is 0 Å². The molecule has 21 heavy (non-hydrogen) atoms. The highest BCUT2D eigenvalue weighted by Crippen LogP contribution is 2.29. The summed E-state index contributed by atoms with van der Waals surface area (Å²) in [5.41, 5.74) is 5.89. The van der Waals surface area contributed by atoms with Crippen LogP contribution >= 0.6 is 11.3 Å². The molecule has 1 saturated carbocycles. The predicted octanol–water partition coefficient (Wildman–Crippen LogP) is 1.20. The van der Waals surface area contributed by atoms with Crippen LogP contribution in [0.2, 0.25) is 0 Å². The minimum Gasteiger partial charge on any atom is -0.330 e. The zero-order chi connectivity index (χ0) is 14.8. The summed E-state index contributed by atoms with van der Waals surface area (Å²) in [5, 5.41) is 5.20. The summed E-state index contributed by atoms with van der Waals surface area (Å²) in [6.07, 6.45) is 5.74. The van der Waals surface area contributed by atoms with Crippen LogP contribution in [0.1, 0.15) is 32.1 Å². The fourth-order valence-electron chi connectivity index (χ4n) is 3.25. The average Bonchev–Trinajstić information content (AvgIpc) is 3.18. The Hall–Kier alpha value is -1.47. The first-order chi connectivity index (χ1) is 10.1. The number of likely N-dealkylation sites (tertiary alicyclic amines) is 1.